The van der Waals surface area contributed by atoms with E-state index >= 15 is 0 Å². The molecule has 5 heteroatoms. The van der Waals surface area contributed by atoms with E-state index in [1.54, 1.807) is 0 Å². The molecule has 0 amide bonds. The van der Waals surface area contributed by atoms with Crippen LogP contribution in [0, 0.1) is 0 Å². The Morgan fingerprint density at radius 2 is 0.919 bits per heavy atom. The number of hydrogen-bond acceptors (Lipinski definition) is 3. The van der Waals surface area contributed by atoms with Crippen LogP contribution in [0.4, 0.5) is 0 Å². The van der Waals surface area contributed by atoms with Crippen molar-refractivity contribution in [1.29, 1.82) is 0 Å². The number of pyridine rings is 2. The molecule has 0 unspecified atom stereocenters. The SMILES string of the molecule is CCCCCCCCCCCCCCCC[n+]1ccc(-c2cc[n+](CCOCCOCCO)cc2)cc1. The number of aryl methyl sites for hydroxylation is 1. The summed E-state index contributed by atoms with van der Waals surface area (Å²) in [5, 5.41) is 8.68. The normalized spacial score (nSPS) is 11.3. The lowest BCUT2D eigenvalue weighted by Gasteiger charge is -2.04. The van der Waals surface area contributed by atoms with Crippen molar-refractivity contribution in [3.05, 3.63) is 49.1 Å². The lowest BCUT2D eigenvalue weighted by Crippen LogP contribution is -2.35. The summed E-state index contributed by atoms with van der Waals surface area (Å²) in [4.78, 5) is 0. The minimum atomic E-state index is 0.0587. The van der Waals surface area contributed by atoms with Gasteiger partial charge in [-0.2, -0.15) is 0 Å². The molecule has 208 valence electrons. The third-order valence-electron chi connectivity index (χ3n) is 6.99. The second-order valence-electron chi connectivity index (χ2n) is 10.2. The smallest absolute Gasteiger partial charge is 0.171 e. The Morgan fingerprint density at radius 1 is 0.514 bits per heavy atom. The van der Waals surface area contributed by atoms with Gasteiger partial charge in [0.05, 0.1) is 26.4 Å². The molecule has 0 radical (unpaired) electrons. The number of aliphatic hydroxyl groups is 1. The predicted octanol–water partition coefficient (Wildman–Crippen LogP) is 6.44. The van der Waals surface area contributed by atoms with Gasteiger partial charge in [-0.25, -0.2) is 9.13 Å². The van der Waals surface area contributed by atoms with Gasteiger partial charge in [0.25, 0.3) is 0 Å². The Kier molecular flexibility index (Phi) is 18.8. The zero-order chi connectivity index (χ0) is 26.2. The highest BCUT2D eigenvalue weighted by Crippen LogP contribution is 2.16. The Hall–Kier alpha value is -1.82. The first kappa shape index (κ1) is 31.4. The molecule has 5 nitrogen and oxygen atoms in total. The fourth-order valence-electron chi connectivity index (χ4n) is 4.64. The first-order chi connectivity index (χ1) is 18.3. The van der Waals surface area contributed by atoms with Crippen molar-refractivity contribution in [1.82, 2.24) is 0 Å². The van der Waals surface area contributed by atoms with E-state index in [0.717, 1.165) is 13.1 Å². The van der Waals surface area contributed by atoms with E-state index < -0.39 is 0 Å². The van der Waals surface area contributed by atoms with Gasteiger partial charge < -0.3 is 14.6 Å². The van der Waals surface area contributed by atoms with E-state index in [1.807, 2.05) is 0 Å². The summed E-state index contributed by atoms with van der Waals surface area (Å²) in [6.07, 6.45) is 28.3. The van der Waals surface area contributed by atoms with Crippen LogP contribution in [0.1, 0.15) is 96.8 Å². The topological polar surface area (TPSA) is 46.5 Å². The number of rotatable bonds is 24. The number of nitrogens with zero attached hydrogens (tertiary/aromatic N) is 2. The largest absolute Gasteiger partial charge is 0.394 e. The molecule has 0 aliphatic rings. The molecule has 1 N–H and O–H groups in total. The zero-order valence-corrected chi connectivity index (χ0v) is 23.6. The third kappa shape index (κ3) is 15.9. The van der Waals surface area contributed by atoms with Gasteiger partial charge in [0.2, 0.25) is 0 Å². The van der Waals surface area contributed by atoms with E-state index in [4.69, 9.17) is 14.6 Å². The minimum Gasteiger partial charge on any atom is -0.394 e. The monoisotopic (exact) mass is 514 g/mol. The molecule has 0 aliphatic heterocycles. The van der Waals surface area contributed by atoms with E-state index in [0.29, 0.717) is 26.4 Å². The van der Waals surface area contributed by atoms with Crippen molar-refractivity contribution >= 4 is 0 Å². The average molecular weight is 515 g/mol. The van der Waals surface area contributed by atoms with Crippen LogP contribution in [-0.4, -0.2) is 38.1 Å². The van der Waals surface area contributed by atoms with Crippen LogP contribution in [0.15, 0.2) is 49.1 Å². The number of ether oxygens (including phenoxy) is 2. The molecule has 0 spiro atoms. The van der Waals surface area contributed by atoms with E-state index in [2.05, 4.69) is 65.1 Å². The van der Waals surface area contributed by atoms with Gasteiger partial charge in [-0.3, -0.25) is 0 Å². The van der Waals surface area contributed by atoms with Gasteiger partial charge in [0.15, 0.2) is 31.3 Å². The highest BCUT2D eigenvalue weighted by molar-refractivity contribution is 5.60. The maximum Gasteiger partial charge on any atom is 0.171 e. The standard InChI is InChI=1S/C32H54N2O3/c1-2-3-4-5-6-7-8-9-10-11-12-13-14-15-20-33-21-16-31(17-22-33)32-18-23-34(24-19-32)25-27-36-29-30-37-28-26-35/h16-19,21-24,35H,2-15,20,25-30H2,1H3/q+2. The Labute approximate surface area is 226 Å². The lowest BCUT2D eigenvalue weighted by molar-refractivity contribution is -0.698. The maximum atomic E-state index is 8.68. The van der Waals surface area contributed by atoms with Gasteiger partial charge in [-0.1, -0.05) is 84.0 Å². The average Bonchev–Trinajstić information content (AvgIpc) is 2.93. The van der Waals surface area contributed by atoms with Crippen molar-refractivity contribution in [2.24, 2.45) is 0 Å². The van der Waals surface area contributed by atoms with Gasteiger partial charge >= 0.3 is 0 Å². The summed E-state index contributed by atoms with van der Waals surface area (Å²) < 4.78 is 15.2. The first-order valence-corrected chi connectivity index (χ1v) is 15.1. The highest BCUT2D eigenvalue weighted by Gasteiger charge is 2.06. The molecule has 2 rings (SSSR count). The molecule has 2 aromatic heterocycles. The molecule has 37 heavy (non-hydrogen) atoms. The molecule has 0 fully saturated rings. The number of unbranched alkanes of at least 4 members (excludes halogenated alkanes) is 13. The first-order valence-electron chi connectivity index (χ1n) is 15.1. The van der Waals surface area contributed by atoms with Crippen LogP contribution in [-0.2, 0) is 22.6 Å². The minimum absolute atomic E-state index is 0.0587. The fourth-order valence-corrected chi connectivity index (χ4v) is 4.64. The van der Waals surface area contributed by atoms with Crippen LogP contribution in [0.3, 0.4) is 0 Å². The Balaban J connectivity index is 1.49. The molecule has 0 atom stereocenters. The van der Waals surface area contributed by atoms with E-state index in [-0.39, 0.29) is 6.61 Å². The summed E-state index contributed by atoms with van der Waals surface area (Å²) in [5.74, 6) is 0. The maximum absolute atomic E-state index is 8.68. The van der Waals surface area contributed by atoms with Crippen molar-refractivity contribution in [2.75, 3.05) is 33.0 Å². The summed E-state index contributed by atoms with van der Waals surface area (Å²) in [6.45, 7) is 6.38. The third-order valence-corrected chi connectivity index (χ3v) is 6.99. The molecular weight excluding hydrogens is 460 g/mol. The number of aliphatic hydroxyl groups excluding tert-OH is 1. The number of aromatic nitrogens is 2. The molecule has 0 saturated heterocycles. The quantitative estimate of drug-likeness (QED) is 0.130. The van der Waals surface area contributed by atoms with E-state index in [1.165, 1.54) is 101 Å². The second kappa shape index (κ2) is 22.2. The summed E-state index contributed by atoms with van der Waals surface area (Å²) in [7, 11) is 0. The molecular formula is C32H54N2O3+2. The van der Waals surface area contributed by atoms with Crippen LogP contribution in [0.2, 0.25) is 0 Å². The molecule has 2 heterocycles. The van der Waals surface area contributed by atoms with Crippen molar-refractivity contribution in [3.63, 3.8) is 0 Å². The van der Waals surface area contributed by atoms with Crippen LogP contribution >= 0.6 is 0 Å². The summed E-state index contributed by atoms with van der Waals surface area (Å²) in [5.41, 5.74) is 2.49. The van der Waals surface area contributed by atoms with Crippen molar-refractivity contribution < 1.29 is 23.7 Å². The molecule has 0 aliphatic carbocycles. The predicted molar refractivity (Wildman–Crippen MR) is 151 cm³/mol. The molecule has 0 bridgehead atoms. The van der Waals surface area contributed by atoms with Crippen LogP contribution in [0.25, 0.3) is 11.1 Å². The second-order valence-corrected chi connectivity index (χ2v) is 10.2. The highest BCUT2D eigenvalue weighted by atomic mass is 16.5. The number of hydrogen-bond donors (Lipinski definition) is 1. The molecule has 2 aromatic rings. The van der Waals surface area contributed by atoms with Crippen molar-refractivity contribution in [2.45, 2.75) is 110 Å². The fraction of sp³-hybridized carbons (Fsp3) is 0.688. The van der Waals surface area contributed by atoms with Gasteiger partial charge in [0.1, 0.15) is 13.2 Å². The Bertz CT molecular complexity index is 765. The zero-order valence-electron chi connectivity index (χ0n) is 23.6. The lowest BCUT2D eigenvalue weighted by atomic mass is 10.0. The van der Waals surface area contributed by atoms with Gasteiger partial charge in [-0.15, -0.1) is 0 Å². The summed E-state index contributed by atoms with van der Waals surface area (Å²) >= 11 is 0. The van der Waals surface area contributed by atoms with Crippen LogP contribution in [0.5, 0.6) is 0 Å². The van der Waals surface area contributed by atoms with Gasteiger partial charge in [-0.05, 0) is 17.5 Å². The Morgan fingerprint density at radius 3 is 1.38 bits per heavy atom. The van der Waals surface area contributed by atoms with Gasteiger partial charge in [0, 0.05) is 30.7 Å². The molecule has 0 aromatic carbocycles. The van der Waals surface area contributed by atoms with Crippen molar-refractivity contribution in [3.8, 4) is 11.1 Å². The van der Waals surface area contributed by atoms with E-state index in [9.17, 15) is 0 Å². The van der Waals surface area contributed by atoms with Crippen LogP contribution < -0.4 is 9.13 Å². The molecule has 0 saturated carbocycles. The summed E-state index contributed by atoms with van der Waals surface area (Å²) in [6, 6.07) is 8.77.